The van der Waals surface area contributed by atoms with Crippen LogP contribution in [0.25, 0.3) is 0 Å². The van der Waals surface area contributed by atoms with Gasteiger partial charge < -0.3 is 4.74 Å². The van der Waals surface area contributed by atoms with E-state index < -0.39 is 32.9 Å². The van der Waals surface area contributed by atoms with Crippen LogP contribution in [0.15, 0.2) is 71.0 Å². The molecule has 9 heteroatoms. The summed E-state index contributed by atoms with van der Waals surface area (Å²) in [7, 11) is -8.21. The fourth-order valence-electron chi connectivity index (χ4n) is 2.26. The van der Waals surface area contributed by atoms with Crippen LogP contribution in [0, 0.1) is 13.8 Å². The van der Waals surface area contributed by atoms with E-state index in [4.69, 9.17) is 13.1 Å². The van der Waals surface area contributed by atoms with Crippen LogP contribution in [0.2, 0.25) is 0 Å². The van der Waals surface area contributed by atoms with E-state index in [0.29, 0.717) is 0 Å². The lowest BCUT2D eigenvalue weighted by molar-refractivity contribution is 0.0412. The summed E-state index contributed by atoms with van der Waals surface area (Å²) in [5, 5.41) is 0. The van der Waals surface area contributed by atoms with Gasteiger partial charge in [-0.05, 0) is 38.1 Å². The van der Waals surface area contributed by atoms with Crippen molar-refractivity contribution in [2.24, 2.45) is 0 Å². The quantitative estimate of drug-likeness (QED) is 0.301. The van der Waals surface area contributed by atoms with Crippen LogP contribution in [0.3, 0.4) is 0 Å². The third-order valence-corrected chi connectivity index (χ3v) is 6.50. The molecule has 0 N–H and O–H groups in total. The summed E-state index contributed by atoms with van der Waals surface area (Å²) < 4.78 is 65.2. The van der Waals surface area contributed by atoms with E-state index in [2.05, 4.69) is 6.58 Å². The van der Waals surface area contributed by atoms with Gasteiger partial charge in [-0.25, -0.2) is 0 Å². The van der Waals surface area contributed by atoms with Crippen molar-refractivity contribution in [2.45, 2.75) is 29.7 Å². The maximum atomic E-state index is 12.5. The molecule has 29 heavy (non-hydrogen) atoms. The Kier molecular flexibility index (Phi) is 8.12. The summed E-state index contributed by atoms with van der Waals surface area (Å²) in [6.45, 7) is 6.59. The van der Waals surface area contributed by atoms with Gasteiger partial charge in [0.15, 0.2) is 0 Å². The number of rotatable bonds is 11. The van der Waals surface area contributed by atoms with E-state index >= 15 is 0 Å². The van der Waals surface area contributed by atoms with E-state index in [0.717, 1.165) is 11.1 Å². The fourth-order valence-corrected chi connectivity index (χ4v) is 4.25. The molecule has 0 saturated carbocycles. The Morgan fingerprint density at radius 1 is 0.828 bits per heavy atom. The Morgan fingerprint density at radius 3 is 1.79 bits per heavy atom. The van der Waals surface area contributed by atoms with Crippen molar-refractivity contribution in [3.8, 4) is 0 Å². The van der Waals surface area contributed by atoms with Gasteiger partial charge in [0.2, 0.25) is 0 Å². The second-order valence-electron chi connectivity index (χ2n) is 6.36. The van der Waals surface area contributed by atoms with Gasteiger partial charge in [-0.15, -0.1) is 6.58 Å². The molecule has 2 rings (SSSR count). The predicted octanol–water partition coefficient (Wildman–Crippen LogP) is 2.99. The van der Waals surface area contributed by atoms with Crippen LogP contribution in [-0.2, 0) is 33.3 Å². The second-order valence-corrected chi connectivity index (χ2v) is 9.55. The molecular weight excluding hydrogens is 416 g/mol. The van der Waals surface area contributed by atoms with Crippen LogP contribution in [0.4, 0.5) is 0 Å². The summed E-state index contributed by atoms with van der Waals surface area (Å²) in [5.41, 5.74) is 1.79. The minimum atomic E-state index is -4.13. The SMILES string of the molecule is C=CCOCC(COS(=O)(=O)c1ccc(C)cc1)OS(=O)(=O)c1ccc(C)cc1. The lowest BCUT2D eigenvalue weighted by Gasteiger charge is -2.17. The van der Waals surface area contributed by atoms with Gasteiger partial charge >= 0.3 is 0 Å². The van der Waals surface area contributed by atoms with Gasteiger partial charge in [-0.3, -0.25) is 8.37 Å². The van der Waals surface area contributed by atoms with E-state index in [1.807, 2.05) is 13.8 Å². The van der Waals surface area contributed by atoms with Crippen molar-refractivity contribution in [1.29, 1.82) is 0 Å². The van der Waals surface area contributed by atoms with Gasteiger partial charge in [0, 0.05) is 0 Å². The van der Waals surface area contributed by atoms with Gasteiger partial charge in [-0.2, -0.15) is 16.8 Å². The third-order valence-electron chi connectivity index (χ3n) is 3.83. The Morgan fingerprint density at radius 2 is 1.31 bits per heavy atom. The minimum absolute atomic E-state index is 0.0322. The molecule has 0 fully saturated rings. The molecule has 0 aliphatic carbocycles. The largest absolute Gasteiger partial charge is 0.375 e. The van der Waals surface area contributed by atoms with Crippen molar-refractivity contribution < 1.29 is 29.9 Å². The lowest BCUT2D eigenvalue weighted by Crippen LogP contribution is -2.30. The lowest BCUT2D eigenvalue weighted by atomic mass is 10.2. The first-order chi connectivity index (χ1) is 13.6. The van der Waals surface area contributed by atoms with Crippen LogP contribution in [-0.4, -0.2) is 42.8 Å². The average molecular weight is 441 g/mol. The number of aryl methyl sites for hydroxylation is 2. The normalized spacial score (nSPS) is 13.2. The third kappa shape index (κ3) is 7.06. The van der Waals surface area contributed by atoms with E-state index in [1.165, 1.54) is 30.3 Å². The summed E-state index contributed by atoms with van der Waals surface area (Å²) in [4.78, 5) is -0.0755. The van der Waals surface area contributed by atoms with Crippen molar-refractivity contribution in [3.63, 3.8) is 0 Å². The molecule has 0 spiro atoms. The summed E-state index contributed by atoms with van der Waals surface area (Å²) in [5.74, 6) is 0. The molecule has 0 saturated heterocycles. The molecule has 158 valence electrons. The Labute approximate surface area is 172 Å². The smallest absolute Gasteiger partial charge is 0.297 e. The van der Waals surface area contributed by atoms with E-state index in [-0.39, 0.29) is 23.0 Å². The average Bonchev–Trinajstić information content (AvgIpc) is 2.67. The zero-order valence-corrected chi connectivity index (χ0v) is 17.9. The molecule has 0 heterocycles. The van der Waals surface area contributed by atoms with Crippen LogP contribution >= 0.6 is 0 Å². The molecule has 0 aromatic heterocycles. The zero-order chi connectivity index (χ0) is 21.5. The molecule has 0 aliphatic heterocycles. The highest BCUT2D eigenvalue weighted by Crippen LogP contribution is 2.18. The highest BCUT2D eigenvalue weighted by atomic mass is 32.2. The molecule has 2 aromatic carbocycles. The Balaban J connectivity index is 2.13. The Bertz CT molecular complexity index is 1010. The van der Waals surface area contributed by atoms with E-state index in [9.17, 15) is 16.8 Å². The molecule has 0 radical (unpaired) electrons. The standard InChI is InChI=1S/C20H24O7S2/c1-4-13-25-14-18(27-29(23,24)20-11-7-17(3)8-12-20)15-26-28(21,22)19-9-5-16(2)6-10-19/h4-12,18H,1,13-15H2,2-3H3. The van der Waals surface area contributed by atoms with Crippen LogP contribution in [0.1, 0.15) is 11.1 Å². The summed E-state index contributed by atoms with van der Waals surface area (Å²) >= 11 is 0. The van der Waals surface area contributed by atoms with E-state index in [1.54, 1.807) is 24.3 Å². The molecule has 0 amide bonds. The zero-order valence-electron chi connectivity index (χ0n) is 16.3. The topological polar surface area (TPSA) is 96.0 Å². The van der Waals surface area contributed by atoms with Crippen molar-refractivity contribution in [1.82, 2.24) is 0 Å². The monoisotopic (exact) mass is 440 g/mol. The first-order valence-corrected chi connectivity index (χ1v) is 11.6. The van der Waals surface area contributed by atoms with Gasteiger partial charge in [-0.1, -0.05) is 41.5 Å². The number of hydrogen-bond acceptors (Lipinski definition) is 7. The first-order valence-electron chi connectivity index (χ1n) is 8.79. The molecule has 0 aliphatic rings. The fraction of sp³-hybridized carbons (Fsp3) is 0.300. The molecular formula is C20H24O7S2. The number of ether oxygens (including phenoxy) is 1. The van der Waals surface area contributed by atoms with Gasteiger partial charge in [0.25, 0.3) is 20.2 Å². The maximum Gasteiger partial charge on any atom is 0.297 e. The number of benzene rings is 2. The minimum Gasteiger partial charge on any atom is -0.375 e. The summed E-state index contributed by atoms with van der Waals surface area (Å²) in [6, 6.07) is 12.2. The van der Waals surface area contributed by atoms with Crippen molar-refractivity contribution >= 4 is 20.2 Å². The predicted molar refractivity (Wildman–Crippen MR) is 109 cm³/mol. The molecule has 0 bridgehead atoms. The molecule has 7 nitrogen and oxygen atoms in total. The highest BCUT2D eigenvalue weighted by Gasteiger charge is 2.25. The highest BCUT2D eigenvalue weighted by molar-refractivity contribution is 7.87. The molecule has 1 atom stereocenters. The van der Waals surface area contributed by atoms with Gasteiger partial charge in [0.1, 0.15) is 6.10 Å². The molecule has 1 unspecified atom stereocenters. The van der Waals surface area contributed by atoms with Crippen LogP contribution in [0.5, 0.6) is 0 Å². The van der Waals surface area contributed by atoms with Crippen LogP contribution < -0.4 is 0 Å². The Hall–Kier alpha value is -2.04. The maximum absolute atomic E-state index is 12.5. The molecule has 2 aromatic rings. The van der Waals surface area contributed by atoms with Gasteiger partial charge in [0.05, 0.1) is 29.6 Å². The summed E-state index contributed by atoms with van der Waals surface area (Å²) in [6.07, 6.45) is 0.316. The second kappa shape index (κ2) is 10.1. The van der Waals surface area contributed by atoms with Crippen molar-refractivity contribution in [2.75, 3.05) is 19.8 Å². The first kappa shape index (κ1) is 23.2. The number of hydrogen-bond donors (Lipinski definition) is 0. The van der Waals surface area contributed by atoms with Crippen molar-refractivity contribution in [3.05, 3.63) is 72.3 Å².